The van der Waals surface area contributed by atoms with Gasteiger partial charge in [-0.25, -0.2) is 4.98 Å². The van der Waals surface area contributed by atoms with Crippen molar-refractivity contribution in [3.63, 3.8) is 0 Å². The molecule has 0 atom stereocenters. The lowest BCUT2D eigenvalue weighted by Gasteiger charge is -1.93. The van der Waals surface area contributed by atoms with Crippen LogP contribution in [0.1, 0.15) is 5.69 Å². The standard InChI is InChI=1S/C6H9N3O/c10-5-7-2-1-6-3-8-4-9-6/h3-5H,1-2H2,(H,7,10)(H,8,9). The second-order valence-electron chi connectivity index (χ2n) is 1.90. The Bertz CT molecular complexity index is 183. The number of carbonyl (C=O) groups excluding carboxylic acids is 1. The molecule has 1 amide bonds. The molecule has 4 heteroatoms. The minimum absolute atomic E-state index is 0.658. The number of imidazole rings is 1. The molecule has 0 aromatic carbocycles. The van der Waals surface area contributed by atoms with Crippen molar-refractivity contribution in [3.8, 4) is 0 Å². The van der Waals surface area contributed by atoms with Crippen molar-refractivity contribution in [2.45, 2.75) is 6.42 Å². The van der Waals surface area contributed by atoms with Gasteiger partial charge in [0, 0.05) is 24.9 Å². The van der Waals surface area contributed by atoms with Crippen LogP contribution in [0.15, 0.2) is 12.5 Å². The number of amides is 1. The summed E-state index contributed by atoms with van der Waals surface area (Å²) in [5.41, 5.74) is 1.04. The van der Waals surface area contributed by atoms with Gasteiger partial charge < -0.3 is 10.3 Å². The van der Waals surface area contributed by atoms with Crippen LogP contribution in [-0.2, 0) is 11.2 Å². The summed E-state index contributed by atoms with van der Waals surface area (Å²) in [5.74, 6) is 0. The van der Waals surface area contributed by atoms with Crippen LogP contribution in [0.2, 0.25) is 0 Å². The fourth-order valence-electron chi connectivity index (χ4n) is 0.687. The monoisotopic (exact) mass is 139 g/mol. The van der Waals surface area contributed by atoms with E-state index >= 15 is 0 Å². The molecule has 1 aromatic rings. The minimum atomic E-state index is 0.658. The van der Waals surface area contributed by atoms with Gasteiger partial charge in [-0.3, -0.25) is 4.79 Å². The van der Waals surface area contributed by atoms with Gasteiger partial charge in [0.2, 0.25) is 6.41 Å². The molecule has 4 nitrogen and oxygen atoms in total. The number of nitrogens with zero attached hydrogens (tertiary/aromatic N) is 1. The van der Waals surface area contributed by atoms with E-state index in [2.05, 4.69) is 15.3 Å². The van der Waals surface area contributed by atoms with Crippen LogP contribution in [0, 0.1) is 0 Å². The fourth-order valence-corrected chi connectivity index (χ4v) is 0.687. The Morgan fingerprint density at radius 1 is 1.80 bits per heavy atom. The zero-order valence-corrected chi connectivity index (χ0v) is 5.50. The summed E-state index contributed by atoms with van der Waals surface area (Å²) in [6.07, 6.45) is 4.86. The van der Waals surface area contributed by atoms with Gasteiger partial charge in [0.25, 0.3) is 0 Å². The van der Waals surface area contributed by atoms with Gasteiger partial charge in [0.1, 0.15) is 0 Å². The van der Waals surface area contributed by atoms with Gasteiger partial charge in [-0.2, -0.15) is 0 Å². The molecule has 1 aromatic heterocycles. The largest absolute Gasteiger partial charge is 0.358 e. The first-order valence-corrected chi connectivity index (χ1v) is 3.08. The number of hydrogen-bond donors (Lipinski definition) is 2. The predicted molar refractivity (Wildman–Crippen MR) is 36.4 cm³/mol. The first kappa shape index (κ1) is 6.80. The molecule has 0 saturated heterocycles. The molecule has 1 rings (SSSR count). The summed E-state index contributed by atoms with van der Waals surface area (Å²) in [6.45, 7) is 0.658. The van der Waals surface area contributed by atoms with Crippen LogP contribution in [0.5, 0.6) is 0 Å². The minimum Gasteiger partial charge on any atom is -0.358 e. The molecule has 0 fully saturated rings. The Balaban J connectivity index is 2.21. The summed E-state index contributed by atoms with van der Waals surface area (Å²) < 4.78 is 0. The van der Waals surface area contributed by atoms with E-state index in [1.54, 1.807) is 12.5 Å². The first-order valence-electron chi connectivity index (χ1n) is 3.08. The van der Waals surface area contributed by atoms with Gasteiger partial charge >= 0.3 is 0 Å². The van der Waals surface area contributed by atoms with E-state index in [4.69, 9.17) is 0 Å². The second kappa shape index (κ2) is 3.66. The van der Waals surface area contributed by atoms with E-state index in [0.29, 0.717) is 13.0 Å². The number of aromatic amines is 1. The summed E-state index contributed by atoms with van der Waals surface area (Å²) in [6, 6.07) is 0. The van der Waals surface area contributed by atoms with Gasteiger partial charge in [0.15, 0.2) is 0 Å². The third-order valence-electron chi connectivity index (χ3n) is 1.18. The Morgan fingerprint density at radius 2 is 2.70 bits per heavy atom. The molecule has 0 radical (unpaired) electrons. The highest BCUT2D eigenvalue weighted by Crippen LogP contribution is 1.89. The predicted octanol–water partition coefficient (Wildman–Crippen LogP) is -0.302. The van der Waals surface area contributed by atoms with Crippen LogP contribution in [0.4, 0.5) is 0 Å². The molecule has 10 heavy (non-hydrogen) atoms. The van der Waals surface area contributed by atoms with E-state index in [9.17, 15) is 4.79 Å². The van der Waals surface area contributed by atoms with E-state index in [0.717, 1.165) is 12.1 Å². The number of aromatic nitrogens is 2. The van der Waals surface area contributed by atoms with Gasteiger partial charge in [-0.15, -0.1) is 0 Å². The average Bonchev–Trinajstić information content (AvgIpc) is 2.41. The molecule has 54 valence electrons. The van der Waals surface area contributed by atoms with E-state index in [-0.39, 0.29) is 0 Å². The summed E-state index contributed by atoms with van der Waals surface area (Å²) in [5, 5.41) is 2.56. The molecule has 0 aliphatic carbocycles. The molecule has 0 unspecified atom stereocenters. The van der Waals surface area contributed by atoms with Crippen LogP contribution >= 0.6 is 0 Å². The Labute approximate surface area is 58.7 Å². The molecule has 0 bridgehead atoms. The topological polar surface area (TPSA) is 57.8 Å². The highest BCUT2D eigenvalue weighted by molar-refractivity contribution is 5.45. The van der Waals surface area contributed by atoms with Gasteiger partial charge in [-0.1, -0.05) is 0 Å². The number of hydrogen-bond acceptors (Lipinski definition) is 2. The Kier molecular flexibility index (Phi) is 2.49. The van der Waals surface area contributed by atoms with Crippen molar-refractivity contribution >= 4 is 6.41 Å². The lowest BCUT2D eigenvalue weighted by atomic mass is 10.3. The smallest absolute Gasteiger partial charge is 0.207 e. The fraction of sp³-hybridized carbons (Fsp3) is 0.333. The summed E-state index contributed by atoms with van der Waals surface area (Å²) in [7, 11) is 0. The number of H-pyrrole nitrogens is 1. The van der Waals surface area contributed by atoms with Gasteiger partial charge in [0.05, 0.1) is 6.33 Å². The highest BCUT2D eigenvalue weighted by atomic mass is 16.1. The normalized spacial score (nSPS) is 9.20. The lowest BCUT2D eigenvalue weighted by molar-refractivity contribution is -0.109. The number of carbonyl (C=O) groups is 1. The molecule has 1 heterocycles. The maximum atomic E-state index is 9.80. The van der Waals surface area contributed by atoms with Crippen molar-refractivity contribution in [2.75, 3.05) is 6.54 Å². The van der Waals surface area contributed by atoms with Crippen LogP contribution in [-0.4, -0.2) is 22.9 Å². The Hall–Kier alpha value is -1.32. The van der Waals surface area contributed by atoms with Crippen LogP contribution < -0.4 is 5.32 Å². The second-order valence-corrected chi connectivity index (χ2v) is 1.90. The third kappa shape index (κ3) is 1.89. The molecular formula is C6H9N3O. The van der Waals surface area contributed by atoms with E-state index in [1.165, 1.54) is 0 Å². The third-order valence-corrected chi connectivity index (χ3v) is 1.18. The molecule has 0 aliphatic heterocycles. The number of nitrogens with one attached hydrogen (secondary N) is 2. The van der Waals surface area contributed by atoms with Crippen molar-refractivity contribution < 1.29 is 4.79 Å². The summed E-state index contributed by atoms with van der Waals surface area (Å²) >= 11 is 0. The highest BCUT2D eigenvalue weighted by Gasteiger charge is 1.90. The van der Waals surface area contributed by atoms with Crippen molar-refractivity contribution in [1.82, 2.24) is 15.3 Å². The summed E-state index contributed by atoms with van der Waals surface area (Å²) in [4.78, 5) is 16.6. The maximum absolute atomic E-state index is 9.80. The van der Waals surface area contributed by atoms with Crippen LogP contribution in [0.25, 0.3) is 0 Å². The first-order chi connectivity index (χ1) is 4.93. The molecule has 0 spiro atoms. The average molecular weight is 139 g/mol. The zero-order valence-electron chi connectivity index (χ0n) is 5.50. The lowest BCUT2D eigenvalue weighted by Crippen LogP contribution is -2.14. The molecule has 0 saturated carbocycles. The number of rotatable bonds is 4. The Morgan fingerprint density at radius 3 is 3.30 bits per heavy atom. The SMILES string of the molecule is O=CNCCc1cnc[nH]1. The van der Waals surface area contributed by atoms with E-state index < -0.39 is 0 Å². The van der Waals surface area contributed by atoms with Crippen LogP contribution in [0.3, 0.4) is 0 Å². The molecule has 2 N–H and O–H groups in total. The quantitative estimate of drug-likeness (QED) is 0.444. The van der Waals surface area contributed by atoms with Crippen molar-refractivity contribution in [3.05, 3.63) is 18.2 Å². The van der Waals surface area contributed by atoms with Crippen molar-refractivity contribution in [1.29, 1.82) is 0 Å². The van der Waals surface area contributed by atoms with Gasteiger partial charge in [-0.05, 0) is 0 Å². The zero-order chi connectivity index (χ0) is 7.23. The molecular weight excluding hydrogens is 130 g/mol. The van der Waals surface area contributed by atoms with E-state index in [1.807, 2.05) is 0 Å². The maximum Gasteiger partial charge on any atom is 0.207 e. The van der Waals surface area contributed by atoms with Crippen molar-refractivity contribution in [2.24, 2.45) is 0 Å². The molecule has 0 aliphatic rings.